The van der Waals surface area contributed by atoms with Gasteiger partial charge in [-0.05, 0) is 28.3 Å². The number of nitrogens with two attached hydrogens (primary N) is 1. The zero-order valence-corrected chi connectivity index (χ0v) is 11.9. The summed E-state index contributed by atoms with van der Waals surface area (Å²) in [7, 11) is 0. The van der Waals surface area contributed by atoms with Crippen LogP contribution in [0.3, 0.4) is 0 Å². The molecule has 1 atom stereocenters. The van der Waals surface area contributed by atoms with E-state index in [2.05, 4.69) is 20.8 Å². The highest BCUT2D eigenvalue weighted by atomic mass is 32.1. The van der Waals surface area contributed by atoms with Crippen LogP contribution in [0, 0.1) is 5.41 Å². The van der Waals surface area contributed by atoms with Crippen molar-refractivity contribution in [1.82, 2.24) is 0 Å². The van der Waals surface area contributed by atoms with Crippen molar-refractivity contribution in [1.29, 1.82) is 0 Å². The van der Waals surface area contributed by atoms with Crippen LogP contribution in [0.5, 0.6) is 0 Å². The Morgan fingerprint density at radius 3 is 2.72 bits per heavy atom. The first-order chi connectivity index (χ1) is 8.39. The van der Waals surface area contributed by atoms with Gasteiger partial charge in [0.05, 0.1) is 0 Å². The molecule has 3 heteroatoms. The highest BCUT2D eigenvalue weighted by Crippen LogP contribution is 2.27. The van der Waals surface area contributed by atoms with Gasteiger partial charge in [-0.2, -0.15) is 0 Å². The number of thiophene rings is 1. The van der Waals surface area contributed by atoms with Gasteiger partial charge in [-0.25, -0.2) is 0 Å². The molecule has 2 rings (SSSR count). The van der Waals surface area contributed by atoms with Gasteiger partial charge in [-0.15, -0.1) is 11.3 Å². The number of hydrogen-bond donors (Lipinski definition) is 1. The smallest absolute Gasteiger partial charge is 0.165 e. The Bertz CT molecular complexity index is 565. The summed E-state index contributed by atoms with van der Waals surface area (Å²) in [4.78, 5) is 12.3. The maximum absolute atomic E-state index is 12.3. The lowest BCUT2D eigenvalue weighted by atomic mass is 9.83. The van der Waals surface area contributed by atoms with Crippen molar-refractivity contribution in [3.63, 3.8) is 0 Å². The van der Waals surface area contributed by atoms with Crippen molar-refractivity contribution in [2.45, 2.75) is 33.2 Å². The molecule has 0 aliphatic carbocycles. The van der Waals surface area contributed by atoms with Gasteiger partial charge in [0.2, 0.25) is 0 Å². The first-order valence-corrected chi connectivity index (χ1v) is 7.02. The molecule has 2 N–H and O–H groups in total. The average Bonchev–Trinajstić information content (AvgIpc) is 2.74. The van der Waals surface area contributed by atoms with Crippen LogP contribution in [0.2, 0.25) is 0 Å². The summed E-state index contributed by atoms with van der Waals surface area (Å²) < 4.78 is 1.07. The molecule has 1 unspecified atom stereocenters. The summed E-state index contributed by atoms with van der Waals surface area (Å²) in [6.07, 6.45) is 0.403. The lowest BCUT2D eigenvalue weighted by molar-refractivity contribution is 0.0955. The standard InChI is InChI=1S/C15H19NOS/c1-15(2,3)13(16)9-12(17)11-6-4-5-10-7-8-18-14(10)11/h4-8,13H,9,16H2,1-3H3. The summed E-state index contributed by atoms with van der Waals surface area (Å²) >= 11 is 1.62. The third kappa shape index (κ3) is 2.62. The number of benzene rings is 1. The Hall–Kier alpha value is -1.19. The molecule has 1 heterocycles. The van der Waals surface area contributed by atoms with E-state index in [9.17, 15) is 4.79 Å². The normalized spacial score (nSPS) is 13.8. The maximum Gasteiger partial charge on any atom is 0.165 e. The molecule has 0 saturated carbocycles. The fourth-order valence-corrected chi connectivity index (χ4v) is 2.76. The molecule has 1 aromatic carbocycles. The van der Waals surface area contributed by atoms with Crippen molar-refractivity contribution < 1.29 is 4.79 Å². The number of carbonyl (C=O) groups excluding carboxylic acids is 1. The van der Waals surface area contributed by atoms with E-state index in [-0.39, 0.29) is 17.2 Å². The molecule has 0 fully saturated rings. The Balaban J connectivity index is 2.27. The van der Waals surface area contributed by atoms with Gasteiger partial charge in [0.15, 0.2) is 5.78 Å². The SMILES string of the molecule is CC(C)(C)C(N)CC(=O)c1cccc2ccsc12. The third-order valence-electron chi connectivity index (χ3n) is 3.30. The van der Waals surface area contributed by atoms with Gasteiger partial charge in [0, 0.05) is 22.7 Å². The van der Waals surface area contributed by atoms with Gasteiger partial charge >= 0.3 is 0 Å². The summed E-state index contributed by atoms with van der Waals surface area (Å²) in [5.41, 5.74) is 6.86. The number of Topliss-reactive ketones (excluding diaryl/α,β-unsaturated/α-hetero) is 1. The number of carbonyl (C=O) groups is 1. The topological polar surface area (TPSA) is 43.1 Å². The Morgan fingerprint density at radius 2 is 2.06 bits per heavy atom. The van der Waals surface area contributed by atoms with E-state index in [0.717, 1.165) is 15.6 Å². The van der Waals surface area contributed by atoms with E-state index in [0.29, 0.717) is 6.42 Å². The molecule has 0 bridgehead atoms. The molecule has 1 aromatic heterocycles. The second-order valence-corrected chi connectivity index (χ2v) is 6.66. The molecule has 96 valence electrons. The predicted octanol–water partition coefficient (Wildman–Crippen LogP) is 3.85. The van der Waals surface area contributed by atoms with Crippen LogP contribution in [0.25, 0.3) is 10.1 Å². The van der Waals surface area contributed by atoms with Crippen LogP contribution in [0.1, 0.15) is 37.6 Å². The van der Waals surface area contributed by atoms with Crippen LogP contribution in [-0.2, 0) is 0 Å². The molecule has 2 nitrogen and oxygen atoms in total. The van der Waals surface area contributed by atoms with Crippen LogP contribution in [-0.4, -0.2) is 11.8 Å². The highest BCUT2D eigenvalue weighted by Gasteiger charge is 2.24. The van der Waals surface area contributed by atoms with E-state index in [1.807, 2.05) is 29.6 Å². The highest BCUT2D eigenvalue weighted by molar-refractivity contribution is 7.17. The van der Waals surface area contributed by atoms with Gasteiger partial charge in [-0.3, -0.25) is 4.79 Å². The van der Waals surface area contributed by atoms with E-state index >= 15 is 0 Å². The molecular weight excluding hydrogens is 242 g/mol. The minimum Gasteiger partial charge on any atom is -0.327 e. The summed E-state index contributed by atoms with van der Waals surface area (Å²) in [5, 5.41) is 3.15. The Morgan fingerprint density at radius 1 is 1.33 bits per heavy atom. The molecule has 0 amide bonds. The minimum absolute atomic E-state index is 0.0427. The first-order valence-electron chi connectivity index (χ1n) is 6.14. The molecule has 0 radical (unpaired) electrons. The van der Waals surface area contributed by atoms with E-state index in [1.165, 1.54) is 0 Å². The molecule has 18 heavy (non-hydrogen) atoms. The largest absolute Gasteiger partial charge is 0.327 e. The van der Waals surface area contributed by atoms with Crippen molar-refractivity contribution in [3.8, 4) is 0 Å². The Labute approximate surface area is 112 Å². The lowest BCUT2D eigenvalue weighted by Crippen LogP contribution is -2.36. The molecule has 2 aromatic rings. The molecule has 0 aliphatic heterocycles. The number of ketones is 1. The molecule has 0 spiro atoms. The zero-order chi connectivity index (χ0) is 13.3. The van der Waals surface area contributed by atoms with Gasteiger partial charge in [0.25, 0.3) is 0 Å². The van der Waals surface area contributed by atoms with E-state index < -0.39 is 0 Å². The second-order valence-electron chi connectivity index (χ2n) is 5.74. The minimum atomic E-state index is -0.111. The van der Waals surface area contributed by atoms with Gasteiger partial charge in [-0.1, -0.05) is 32.9 Å². The second kappa shape index (κ2) is 4.82. The molecular formula is C15H19NOS. The average molecular weight is 261 g/mol. The predicted molar refractivity (Wildman–Crippen MR) is 78.2 cm³/mol. The Kier molecular flexibility index (Phi) is 3.55. The van der Waals surface area contributed by atoms with Crippen LogP contribution in [0.15, 0.2) is 29.6 Å². The van der Waals surface area contributed by atoms with E-state index in [1.54, 1.807) is 11.3 Å². The number of hydrogen-bond acceptors (Lipinski definition) is 3. The molecule has 0 aliphatic rings. The fourth-order valence-electron chi connectivity index (χ4n) is 1.83. The van der Waals surface area contributed by atoms with E-state index in [4.69, 9.17) is 5.73 Å². The monoisotopic (exact) mass is 261 g/mol. The number of fused-ring (bicyclic) bond motifs is 1. The van der Waals surface area contributed by atoms with Gasteiger partial charge in [0.1, 0.15) is 0 Å². The third-order valence-corrected chi connectivity index (χ3v) is 4.26. The maximum atomic E-state index is 12.3. The van der Waals surface area contributed by atoms with Crippen molar-refractivity contribution in [3.05, 3.63) is 35.2 Å². The van der Waals surface area contributed by atoms with Crippen LogP contribution < -0.4 is 5.73 Å². The first kappa shape index (κ1) is 13.2. The molecule has 0 saturated heterocycles. The van der Waals surface area contributed by atoms with Crippen molar-refractivity contribution >= 4 is 27.2 Å². The lowest BCUT2D eigenvalue weighted by Gasteiger charge is -2.26. The zero-order valence-electron chi connectivity index (χ0n) is 11.1. The van der Waals surface area contributed by atoms with Crippen LogP contribution in [0.4, 0.5) is 0 Å². The fraction of sp³-hybridized carbons (Fsp3) is 0.400. The van der Waals surface area contributed by atoms with Crippen molar-refractivity contribution in [2.24, 2.45) is 11.1 Å². The van der Waals surface area contributed by atoms with Gasteiger partial charge < -0.3 is 5.73 Å². The van der Waals surface area contributed by atoms with Crippen LogP contribution >= 0.6 is 11.3 Å². The summed E-state index contributed by atoms with van der Waals surface area (Å²) in [6, 6.07) is 7.80. The number of rotatable bonds is 3. The quantitative estimate of drug-likeness (QED) is 0.853. The summed E-state index contributed by atoms with van der Waals surface area (Å²) in [6.45, 7) is 6.20. The van der Waals surface area contributed by atoms with Crippen molar-refractivity contribution in [2.75, 3.05) is 0 Å². The summed E-state index contributed by atoms with van der Waals surface area (Å²) in [5.74, 6) is 0.144.